The second kappa shape index (κ2) is 9.00. The van der Waals surface area contributed by atoms with Crippen molar-refractivity contribution in [1.29, 1.82) is 0 Å². The van der Waals surface area contributed by atoms with Gasteiger partial charge in [0.15, 0.2) is 0 Å². The lowest BCUT2D eigenvalue weighted by Gasteiger charge is -2.35. The quantitative estimate of drug-likeness (QED) is 0.406. The Morgan fingerprint density at radius 2 is 1.86 bits per heavy atom. The summed E-state index contributed by atoms with van der Waals surface area (Å²) in [5.74, 6) is -1.12. The van der Waals surface area contributed by atoms with E-state index in [-0.39, 0.29) is 28.6 Å². The zero-order valence-electron chi connectivity index (χ0n) is 19.8. The molecule has 3 heterocycles. The molecule has 190 valence electrons. The van der Waals surface area contributed by atoms with Crippen LogP contribution in [0.3, 0.4) is 0 Å². The fourth-order valence-electron chi connectivity index (χ4n) is 4.83. The van der Waals surface area contributed by atoms with Crippen LogP contribution in [0.15, 0.2) is 51.8 Å². The molecule has 0 bridgehead atoms. The second-order valence-corrected chi connectivity index (χ2v) is 9.42. The maximum Gasteiger partial charge on any atom is 0.341 e. The van der Waals surface area contributed by atoms with Gasteiger partial charge in [0.05, 0.1) is 23.3 Å². The van der Waals surface area contributed by atoms with Gasteiger partial charge in [0.25, 0.3) is 5.89 Å². The lowest BCUT2D eigenvalue weighted by molar-refractivity contribution is 0.0695. The fourth-order valence-corrected chi connectivity index (χ4v) is 4.83. The summed E-state index contributed by atoms with van der Waals surface area (Å²) < 4.78 is 22.7. The predicted octanol–water partition coefficient (Wildman–Crippen LogP) is 3.25. The van der Waals surface area contributed by atoms with E-state index in [0.717, 1.165) is 12.8 Å². The number of hydrogen-bond donors (Lipinski definition) is 2. The maximum absolute atomic E-state index is 15.2. The van der Waals surface area contributed by atoms with Crippen molar-refractivity contribution in [1.82, 2.24) is 19.7 Å². The number of hydrogen-bond acceptors (Lipinski definition) is 8. The molecule has 1 aliphatic carbocycles. The van der Waals surface area contributed by atoms with Gasteiger partial charge in [-0.15, -0.1) is 10.2 Å². The molecule has 0 radical (unpaired) electrons. The van der Waals surface area contributed by atoms with Crippen LogP contribution in [0.1, 0.15) is 35.1 Å². The number of aromatic carboxylic acids is 1. The van der Waals surface area contributed by atoms with E-state index >= 15 is 4.39 Å². The van der Waals surface area contributed by atoms with Gasteiger partial charge in [-0.1, -0.05) is 12.1 Å². The average molecular weight is 506 g/mol. The van der Waals surface area contributed by atoms with E-state index < -0.39 is 17.2 Å². The van der Waals surface area contributed by atoms with Crippen molar-refractivity contribution >= 4 is 22.6 Å². The molecular weight excluding hydrogens is 481 g/mol. The number of nitrogens with zero attached hydrogens (tertiary/aromatic N) is 5. The van der Waals surface area contributed by atoms with Gasteiger partial charge in [-0.3, -0.25) is 9.69 Å². The third-order valence-electron chi connectivity index (χ3n) is 6.94. The van der Waals surface area contributed by atoms with Gasteiger partial charge in [-0.05, 0) is 37.1 Å². The van der Waals surface area contributed by atoms with Crippen LogP contribution in [0.5, 0.6) is 5.75 Å². The molecule has 10 nitrogen and oxygen atoms in total. The van der Waals surface area contributed by atoms with Crippen molar-refractivity contribution in [3.05, 3.63) is 70.1 Å². The maximum atomic E-state index is 15.2. The highest BCUT2D eigenvalue weighted by Gasteiger charge is 2.29. The van der Waals surface area contributed by atoms with E-state index in [1.807, 2.05) is 4.90 Å². The van der Waals surface area contributed by atoms with Gasteiger partial charge in [0.1, 0.15) is 17.1 Å². The van der Waals surface area contributed by atoms with Crippen LogP contribution >= 0.6 is 0 Å². The van der Waals surface area contributed by atoms with Gasteiger partial charge < -0.3 is 24.1 Å². The van der Waals surface area contributed by atoms with Crippen LogP contribution in [-0.2, 0) is 6.54 Å². The molecule has 2 aromatic carbocycles. The molecule has 1 saturated heterocycles. The molecule has 0 atom stereocenters. The highest BCUT2D eigenvalue weighted by atomic mass is 19.1. The number of aromatic nitrogens is 3. The third kappa shape index (κ3) is 4.31. The predicted molar refractivity (Wildman–Crippen MR) is 132 cm³/mol. The molecule has 11 heteroatoms. The normalized spacial score (nSPS) is 16.4. The Morgan fingerprint density at radius 3 is 2.57 bits per heavy atom. The number of benzene rings is 2. The minimum absolute atomic E-state index is 0.0648. The van der Waals surface area contributed by atoms with Gasteiger partial charge in [0, 0.05) is 43.8 Å². The van der Waals surface area contributed by atoms with Crippen molar-refractivity contribution < 1.29 is 23.8 Å². The Labute approximate surface area is 210 Å². The Bertz CT molecular complexity index is 1570. The molecule has 0 unspecified atom stereocenters. The lowest BCUT2D eigenvalue weighted by Crippen LogP contribution is -2.46. The minimum Gasteiger partial charge on any atom is -0.507 e. The molecule has 4 aromatic rings. The summed E-state index contributed by atoms with van der Waals surface area (Å²) in [7, 11) is 0. The summed E-state index contributed by atoms with van der Waals surface area (Å²) in [5.41, 5.74) is 0.407. The Balaban J connectivity index is 1.20. The molecule has 0 amide bonds. The number of pyridine rings is 1. The first-order valence-corrected chi connectivity index (χ1v) is 12.1. The second-order valence-electron chi connectivity index (χ2n) is 9.42. The summed E-state index contributed by atoms with van der Waals surface area (Å²) in [5, 5.41) is 27.7. The van der Waals surface area contributed by atoms with E-state index in [4.69, 9.17) is 4.42 Å². The van der Waals surface area contributed by atoms with Crippen LogP contribution < -0.4 is 10.3 Å². The molecular formula is C26H24FN5O5. The Kier molecular flexibility index (Phi) is 5.64. The number of phenolic OH excluding ortho intramolecular Hbond substituents is 1. The first-order valence-electron chi connectivity index (χ1n) is 12.1. The van der Waals surface area contributed by atoms with E-state index in [2.05, 4.69) is 15.1 Å². The zero-order valence-corrected chi connectivity index (χ0v) is 19.8. The van der Waals surface area contributed by atoms with Crippen LogP contribution in [0.2, 0.25) is 0 Å². The van der Waals surface area contributed by atoms with Crippen LogP contribution in [0.4, 0.5) is 10.1 Å². The molecule has 0 spiro atoms. The van der Waals surface area contributed by atoms with Gasteiger partial charge in [0.2, 0.25) is 11.3 Å². The number of halogens is 1. The average Bonchev–Trinajstić information content (AvgIpc) is 3.63. The van der Waals surface area contributed by atoms with Crippen LogP contribution in [-0.4, -0.2) is 62.0 Å². The molecule has 2 N–H and O–H groups in total. The van der Waals surface area contributed by atoms with Gasteiger partial charge in [-0.2, -0.15) is 0 Å². The van der Waals surface area contributed by atoms with Crippen molar-refractivity contribution in [2.45, 2.75) is 25.4 Å². The summed E-state index contributed by atoms with van der Waals surface area (Å²) in [6, 6.07) is 9.71. The van der Waals surface area contributed by atoms with E-state index in [0.29, 0.717) is 55.4 Å². The van der Waals surface area contributed by atoms with Crippen LogP contribution in [0.25, 0.3) is 22.4 Å². The number of aromatic hydroxyl groups is 1. The molecule has 6 rings (SSSR count). The molecule has 1 aliphatic heterocycles. The van der Waals surface area contributed by atoms with E-state index in [9.17, 15) is 19.8 Å². The van der Waals surface area contributed by atoms with Crippen LogP contribution in [0, 0.1) is 5.82 Å². The first kappa shape index (κ1) is 23.2. The van der Waals surface area contributed by atoms with Crippen molar-refractivity contribution in [2.75, 3.05) is 31.1 Å². The number of para-hydroxylation sites is 1. The molecule has 1 saturated carbocycles. The van der Waals surface area contributed by atoms with E-state index in [1.165, 1.54) is 12.3 Å². The largest absolute Gasteiger partial charge is 0.507 e. The Morgan fingerprint density at radius 1 is 1.11 bits per heavy atom. The highest BCUT2D eigenvalue weighted by Crippen LogP contribution is 2.38. The highest BCUT2D eigenvalue weighted by molar-refractivity contribution is 5.93. The zero-order chi connectivity index (χ0) is 25.7. The number of anilines is 1. The topological polar surface area (TPSA) is 125 Å². The monoisotopic (exact) mass is 505 g/mol. The number of carbonyl (C=O) groups is 1. The number of carboxylic acid groups (broad SMARTS) is 1. The molecule has 2 aromatic heterocycles. The van der Waals surface area contributed by atoms with Crippen molar-refractivity contribution in [2.24, 2.45) is 0 Å². The van der Waals surface area contributed by atoms with E-state index in [1.54, 1.807) is 34.9 Å². The van der Waals surface area contributed by atoms with Crippen molar-refractivity contribution in [3.63, 3.8) is 0 Å². The Hall–Kier alpha value is -4.25. The summed E-state index contributed by atoms with van der Waals surface area (Å²) in [6.07, 6.45) is 3.17. The SMILES string of the molecule is O=C(O)c1cn(C2CC2)c2cc(N3CCN(Cc4nnc(-c5ccccc5O)o4)CC3)c(F)cc2c1=O. The lowest BCUT2D eigenvalue weighted by atomic mass is 10.1. The third-order valence-corrected chi connectivity index (χ3v) is 6.94. The summed E-state index contributed by atoms with van der Waals surface area (Å²) >= 11 is 0. The number of carboxylic acids is 1. The summed E-state index contributed by atoms with van der Waals surface area (Å²) in [6.45, 7) is 2.76. The molecule has 37 heavy (non-hydrogen) atoms. The standard InChI is InChI=1S/C26H24FN5O5/c27-19-11-17-20(32(15-5-6-15)13-18(24(17)34)26(35)36)12-21(19)31-9-7-30(8-10-31)14-23-28-29-25(37-23)16-3-1-2-4-22(16)33/h1-4,11-13,15,33H,5-10,14H2,(H,35,36). The first-order chi connectivity index (χ1) is 17.9. The fraction of sp³-hybridized carbons (Fsp3) is 0.308. The number of rotatable bonds is 6. The molecule has 2 fully saturated rings. The smallest absolute Gasteiger partial charge is 0.341 e. The molecule has 2 aliphatic rings. The van der Waals surface area contributed by atoms with Crippen molar-refractivity contribution in [3.8, 4) is 17.2 Å². The summed E-state index contributed by atoms with van der Waals surface area (Å²) in [4.78, 5) is 28.3. The minimum atomic E-state index is -1.31. The van der Waals surface area contributed by atoms with Gasteiger partial charge >= 0.3 is 5.97 Å². The number of piperazine rings is 1. The number of phenols is 1. The van der Waals surface area contributed by atoms with Gasteiger partial charge in [-0.25, -0.2) is 9.18 Å². The number of fused-ring (bicyclic) bond motifs is 1.